The van der Waals surface area contributed by atoms with Gasteiger partial charge >= 0.3 is 0 Å². The molecule has 4 heteroatoms. The Balaban J connectivity index is 2.10. The molecule has 0 saturated heterocycles. The quantitative estimate of drug-likeness (QED) is 0.866. The molecule has 0 amide bonds. The van der Waals surface area contributed by atoms with E-state index in [1.54, 1.807) is 7.11 Å². The summed E-state index contributed by atoms with van der Waals surface area (Å²) in [4.78, 5) is 0. The zero-order chi connectivity index (χ0) is 12.5. The number of ether oxygens (including phenoxy) is 1. The molecule has 0 bridgehead atoms. The summed E-state index contributed by atoms with van der Waals surface area (Å²) in [5, 5.41) is 14.7. The number of hydrogen-bond donors (Lipinski definition) is 1. The Morgan fingerprint density at radius 2 is 2.18 bits per heavy atom. The van der Waals surface area contributed by atoms with Crippen LogP contribution in [-0.2, 0) is 18.2 Å². The molecule has 0 spiro atoms. The summed E-state index contributed by atoms with van der Waals surface area (Å²) >= 11 is 0. The molecule has 4 nitrogen and oxygen atoms in total. The van der Waals surface area contributed by atoms with Crippen LogP contribution >= 0.6 is 0 Å². The van der Waals surface area contributed by atoms with Crippen LogP contribution in [0.5, 0.6) is 0 Å². The summed E-state index contributed by atoms with van der Waals surface area (Å²) in [6.07, 6.45) is 4.39. The van der Waals surface area contributed by atoms with Gasteiger partial charge in [-0.05, 0) is 25.8 Å². The maximum Gasteiger partial charge on any atom is 0.0940 e. The lowest BCUT2D eigenvalue weighted by Gasteiger charge is -2.32. The molecule has 1 saturated carbocycles. The van der Waals surface area contributed by atoms with E-state index in [1.807, 2.05) is 24.7 Å². The molecule has 17 heavy (non-hydrogen) atoms. The monoisotopic (exact) mass is 238 g/mol. The summed E-state index contributed by atoms with van der Waals surface area (Å²) in [7, 11) is 3.63. The average molecular weight is 238 g/mol. The molecule has 0 aromatic carbocycles. The van der Waals surface area contributed by atoms with Crippen LogP contribution in [0.15, 0.2) is 6.07 Å². The highest BCUT2D eigenvalue weighted by Crippen LogP contribution is 2.36. The number of rotatable bonds is 4. The minimum absolute atomic E-state index is 0.335. The molecule has 1 aliphatic rings. The normalized spacial score (nSPS) is 20.7. The molecule has 0 radical (unpaired) electrons. The van der Waals surface area contributed by atoms with Crippen LogP contribution in [0.1, 0.15) is 37.1 Å². The smallest absolute Gasteiger partial charge is 0.0940 e. The summed E-state index contributed by atoms with van der Waals surface area (Å²) in [5.41, 5.74) is 1.73. The van der Waals surface area contributed by atoms with E-state index in [1.165, 1.54) is 0 Å². The minimum Gasteiger partial charge on any atom is -0.390 e. The van der Waals surface area contributed by atoms with E-state index < -0.39 is 6.10 Å². The number of aliphatic hydroxyl groups excluding tert-OH is 1. The van der Waals surface area contributed by atoms with Crippen LogP contribution in [0, 0.1) is 6.92 Å². The number of hydrogen-bond acceptors (Lipinski definition) is 3. The number of aromatic nitrogens is 2. The molecular weight excluding hydrogens is 216 g/mol. The lowest BCUT2D eigenvalue weighted by atomic mass is 9.91. The summed E-state index contributed by atoms with van der Waals surface area (Å²) in [5.74, 6) is 0. The molecule has 2 rings (SSSR count). The number of nitrogens with zero attached hydrogens (tertiary/aromatic N) is 2. The van der Waals surface area contributed by atoms with Crippen molar-refractivity contribution < 1.29 is 9.84 Å². The second-order valence-electron chi connectivity index (χ2n) is 5.10. The molecule has 0 aliphatic heterocycles. The van der Waals surface area contributed by atoms with Gasteiger partial charge in [-0.2, -0.15) is 5.10 Å². The van der Waals surface area contributed by atoms with Crippen molar-refractivity contribution in [2.45, 2.75) is 50.7 Å². The van der Waals surface area contributed by atoms with Gasteiger partial charge in [-0.1, -0.05) is 12.8 Å². The van der Waals surface area contributed by atoms with Crippen molar-refractivity contribution in [3.05, 3.63) is 17.5 Å². The maximum absolute atomic E-state index is 10.4. The van der Waals surface area contributed by atoms with Crippen molar-refractivity contribution >= 4 is 0 Å². The summed E-state index contributed by atoms with van der Waals surface area (Å²) in [6, 6.07) is 2.03. The van der Waals surface area contributed by atoms with Gasteiger partial charge in [0.2, 0.25) is 0 Å². The molecule has 1 aromatic rings. The van der Waals surface area contributed by atoms with Crippen molar-refractivity contribution in [1.82, 2.24) is 9.78 Å². The third-order valence-electron chi connectivity index (χ3n) is 3.97. The molecule has 1 N–H and O–H groups in total. The van der Waals surface area contributed by atoms with Gasteiger partial charge in [0.05, 0.1) is 17.4 Å². The number of aryl methyl sites for hydroxylation is 2. The minimum atomic E-state index is -0.440. The van der Waals surface area contributed by atoms with Gasteiger partial charge in [-0.3, -0.25) is 4.68 Å². The van der Waals surface area contributed by atoms with E-state index >= 15 is 0 Å². The first-order chi connectivity index (χ1) is 8.07. The summed E-state index contributed by atoms with van der Waals surface area (Å²) in [6.45, 7) is 1.97. The standard InChI is InChI=1S/C13H22N2O2/c1-10-8-11(15(2)14-10)9-12(16)13(17-3)6-4-5-7-13/h8,12,16H,4-7,9H2,1-3H3. The SMILES string of the molecule is COC1(C(O)Cc2cc(C)nn2C)CCCC1. The van der Waals surface area contributed by atoms with Gasteiger partial charge < -0.3 is 9.84 Å². The third-order valence-corrected chi connectivity index (χ3v) is 3.97. The first-order valence-corrected chi connectivity index (χ1v) is 6.30. The fourth-order valence-corrected chi connectivity index (χ4v) is 2.89. The van der Waals surface area contributed by atoms with E-state index in [4.69, 9.17) is 4.74 Å². The fourth-order valence-electron chi connectivity index (χ4n) is 2.89. The first kappa shape index (κ1) is 12.6. The second kappa shape index (κ2) is 4.78. The number of aliphatic hydroxyl groups is 1. The lowest BCUT2D eigenvalue weighted by Crippen LogP contribution is -2.43. The van der Waals surface area contributed by atoms with Gasteiger partial charge in [0, 0.05) is 26.3 Å². The molecule has 1 aliphatic carbocycles. The van der Waals surface area contributed by atoms with Crippen molar-refractivity contribution in [2.24, 2.45) is 7.05 Å². The number of methoxy groups -OCH3 is 1. The van der Waals surface area contributed by atoms with Gasteiger partial charge in [0.1, 0.15) is 0 Å². The Kier molecular flexibility index (Phi) is 3.54. The van der Waals surface area contributed by atoms with E-state index in [0.29, 0.717) is 6.42 Å². The van der Waals surface area contributed by atoms with E-state index in [-0.39, 0.29) is 5.60 Å². The largest absolute Gasteiger partial charge is 0.390 e. The Morgan fingerprint density at radius 3 is 2.65 bits per heavy atom. The predicted molar refractivity (Wildman–Crippen MR) is 65.9 cm³/mol. The van der Waals surface area contributed by atoms with E-state index in [0.717, 1.165) is 37.1 Å². The Morgan fingerprint density at radius 1 is 1.53 bits per heavy atom. The Hall–Kier alpha value is -0.870. The zero-order valence-electron chi connectivity index (χ0n) is 10.9. The molecule has 1 atom stereocenters. The Labute approximate surface area is 103 Å². The van der Waals surface area contributed by atoms with Crippen molar-refractivity contribution in [3.8, 4) is 0 Å². The first-order valence-electron chi connectivity index (χ1n) is 6.30. The predicted octanol–water partition coefficient (Wildman–Crippen LogP) is 1.59. The van der Waals surface area contributed by atoms with Crippen molar-refractivity contribution in [1.29, 1.82) is 0 Å². The lowest BCUT2D eigenvalue weighted by molar-refractivity contribution is -0.0976. The van der Waals surface area contributed by atoms with E-state index in [2.05, 4.69) is 5.10 Å². The molecular formula is C13H22N2O2. The molecule has 1 aromatic heterocycles. The van der Waals surface area contributed by atoms with Crippen molar-refractivity contribution in [2.75, 3.05) is 7.11 Å². The fraction of sp³-hybridized carbons (Fsp3) is 0.769. The second-order valence-corrected chi connectivity index (χ2v) is 5.10. The molecule has 1 heterocycles. The van der Waals surface area contributed by atoms with Gasteiger partial charge in [0.25, 0.3) is 0 Å². The highest BCUT2D eigenvalue weighted by atomic mass is 16.5. The van der Waals surface area contributed by atoms with Crippen LogP contribution in [0.25, 0.3) is 0 Å². The van der Waals surface area contributed by atoms with E-state index in [9.17, 15) is 5.11 Å². The maximum atomic E-state index is 10.4. The van der Waals surface area contributed by atoms with Crippen LogP contribution in [0.4, 0.5) is 0 Å². The molecule has 1 fully saturated rings. The molecule has 96 valence electrons. The van der Waals surface area contributed by atoms with Crippen LogP contribution in [0.2, 0.25) is 0 Å². The molecule has 1 unspecified atom stereocenters. The highest BCUT2D eigenvalue weighted by molar-refractivity contribution is 5.11. The topological polar surface area (TPSA) is 47.3 Å². The van der Waals surface area contributed by atoms with Crippen LogP contribution in [-0.4, -0.2) is 33.7 Å². The van der Waals surface area contributed by atoms with Gasteiger partial charge in [-0.25, -0.2) is 0 Å². The average Bonchev–Trinajstić information content (AvgIpc) is 2.87. The van der Waals surface area contributed by atoms with Crippen molar-refractivity contribution in [3.63, 3.8) is 0 Å². The Bertz CT molecular complexity index is 381. The van der Waals surface area contributed by atoms with Gasteiger partial charge in [0.15, 0.2) is 0 Å². The van der Waals surface area contributed by atoms with Crippen LogP contribution in [0.3, 0.4) is 0 Å². The highest BCUT2D eigenvalue weighted by Gasteiger charge is 2.41. The third kappa shape index (κ3) is 2.38. The van der Waals surface area contributed by atoms with Crippen LogP contribution < -0.4 is 0 Å². The van der Waals surface area contributed by atoms with Gasteiger partial charge in [-0.15, -0.1) is 0 Å². The zero-order valence-corrected chi connectivity index (χ0v) is 10.9. The summed E-state index contributed by atoms with van der Waals surface area (Å²) < 4.78 is 7.44.